The molecule has 8 heteroatoms. The molecule has 0 saturated heterocycles. The molecule has 0 atom stereocenters. The van der Waals surface area contributed by atoms with Crippen LogP contribution in [-0.2, 0) is 10.0 Å². The van der Waals surface area contributed by atoms with E-state index in [0.29, 0.717) is 11.3 Å². The van der Waals surface area contributed by atoms with Gasteiger partial charge in [0, 0.05) is 17.7 Å². The van der Waals surface area contributed by atoms with Crippen LogP contribution in [0.2, 0.25) is 0 Å². The first-order valence-electron chi connectivity index (χ1n) is 9.68. The van der Waals surface area contributed by atoms with Crippen molar-refractivity contribution < 1.29 is 18.0 Å². The third-order valence-corrected chi connectivity index (χ3v) is 6.52. The standard InChI is InChI=1S/C23H23N3O4S/c1-3-26(20-9-5-4-6-10-20)31(29,30)21-11-7-8-19(16-21)23(28)25-24-22(27)18-14-12-17(2)13-15-18/h4-16H,3H2,1-2H3,(H,24,27)(H,25,28). The predicted octanol–water partition coefficient (Wildman–Crippen LogP) is 3.29. The number of sulfonamides is 1. The second-order valence-corrected chi connectivity index (χ2v) is 8.67. The number of rotatable bonds is 6. The molecular formula is C23H23N3O4S. The lowest BCUT2D eigenvalue weighted by molar-refractivity contribution is 0.0846. The highest BCUT2D eigenvalue weighted by molar-refractivity contribution is 7.92. The molecule has 2 amide bonds. The Kier molecular flexibility index (Phi) is 6.71. The fourth-order valence-electron chi connectivity index (χ4n) is 2.97. The zero-order chi connectivity index (χ0) is 22.4. The molecule has 0 bridgehead atoms. The minimum Gasteiger partial charge on any atom is -0.267 e. The zero-order valence-electron chi connectivity index (χ0n) is 17.2. The monoisotopic (exact) mass is 437 g/mol. The lowest BCUT2D eigenvalue weighted by Crippen LogP contribution is -2.41. The topological polar surface area (TPSA) is 95.6 Å². The fraction of sp³-hybridized carbons (Fsp3) is 0.130. The first-order valence-corrected chi connectivity index (χ1v) is 11.1. The predicted molar refractivity (Wildman–Crippen MR) is 119 cm³/mol. The highest BCUT2D eigenvalue weighted by Gasteiger charge is 2.24. The summed E-state index contributed by atoms with van der Waals surface area (Å²) in [7, 11) is -3.87. The number of nitrogens with one attached hydrogen (secondary N) is 2. The molecule has 0 fully saturated rings. The molecule has 2 N–H and O–H groups in total. The summed E-state index contributed by atoms with van der Waals surface area (Å²) in [5.74, 6) is -1.10. The first-order chi connectivity index (χ1) is 14.8. The summed E-state index contributed by atoms with van der Waals surface area (Å²) < 4.78 is 27.6. The van der Waals surface area contributed by atoms with E-state index in [1.54, 1.807) is 61.5 Å². The molecule has 7 nitrogen and oxygen atoms in total. The minimum absolute atomic E-state index is 0.0179. The summed E-state index contributed by atoms with van der Waals surface area (Å²) in [5, 5.41) is 0. The Morgan fingerprint density at radius 2 is 1.42 bits per heavy atom. The van der Waals surface area contributed by atoms with Gasteiger partial charge in [-0.3, -0.25) is 24.7 Å². The number of hydrazine groups is 1. The highest BCUT2D eigenvalue weighted by Crippen LogP contribution is 2.23. The van der Waals surface area contributed by atoms with Crippen LogP contribution < -0.4 is 15.2 Å². The van der Waals surface area contributed by atoms with E-state index in [9.17, 15) is 18.0 Å². The number of amides is 2. The van der Waals surface area contributed by atoms with Gasteiger partial charge in [0.1, 0.15) is 0 Å². The molecule has 3 aromatic rings. The van der Waals surface area contributed by atoms with Crippen molar-refractivity contribution in [2.24, 2.45) is 0 Å². The van der Waals surface area contributed by atoms with Gasteiger partial charge in [0.05, 0.1) is 10.6 Å². The van der Waals surface area contributed by atoms with Crippen LogP contribution in [0.1, 0.15) is 33.2 Å². The molecule has 0 aliphatic rings. The van der Waals surface area contributed by atoms with Crippen molar-refractivity contribution in [1.29, 1.82) is 0 Å². The van der Waals surface area contributed by atoms with Gasteiger partial charge >= 0.3 is 0 Å². The van der Waals surface area contributed by atoms with Crippen LogP contribution >= 0.6 is 0 Å². The Morgan fingerprint density at radius 3 is 2.03 bits per heavy atom. The van der Waals surface area contributed by atoms with Gasteiger partial charge in [0.2, 0.25) is 0 Å². The maximum Gasteiger partial charge on any atom is 0.269 e. The molecule has 0 spiro atoms. The van der Waals surface area contributed by atoms with E-state index in [4.69, 9.17) is 0 Å². The quantitative estimate of drug-likeness (QED) is 0.579. The van der Waals surface area contributed by atoms with Gasteiger partial charge in [-0.05, 0) is 56.3 Å². The molecule has 0 saturated carbocycles. The van der Waals surface area contributed by atoms with Crippen molar-refractivity contribution in [3.8, 4) is 0 Å². The Hall–Kier alpha value is -3.65. The van der Waals surface area contributed by atoms with E-state index >= 15 is 0 Å². The Morgan fingerprint density at radius 1 is 0.806 bits per heavy atom. The smallest absolute Gasteiger partial charge is 0.267 e. The van der Waals surface area contributed by atoms with Gasteiger partial charge in [-0.25, -0.2) is 8.42 Å². The lowest BCUT2D eigenvalue weighted by Gasteiger charge is -2.23. The zero-order valence-corrected chi connectivity index (χ0v) is 18.0. The number of carbonyl (C=O) groups excluding carboxylic acids is 2. The van der Waals surface area contributed by atoms with E-state index in [1.165, 1.54) is 28.6 Å². The van der Waals surface area contributed by atoms with Crippen LogP contribution in [0, 0.1) is 6.92 Å². The van der Waals surface area contributed by atoms with Crippen molar-refractivity contribution in [2.45, 2.75) is 18.7 Å². The molecule has 3 rings (SSSR count). The molecule has 0 aliphatic heterocycles. The summed E-state index contributed by atoms with van der Waals surface area (Å²) in [6.45, 7) is 3.87. The fourth-order valence-corrected chi connectivity index (χ4v) is 4.49. The summed E-state index contributed by atoms with van der Waals surface area (Å²) in [6, 6.07) is 21.3. The molecule has 0 heterocycles. The number of nitrogens with zero attached hydrogens (tertiary/aromatic N) is 1. The number of hydrogen-bond donors (Lipinski definition) is 2. The maximum absolute atomic E-state index is 13.1. The van der Waals surface area contributed by atoms with Crippen molar-refractivity contribution in [2.75, 3.05) is 10.8 Å². The van der Waals surface area contributed by atoms with Gasteiger partial charge < -0.3 is 0 Å². The van der Waals surface area contributed by atoms with Crippen LogP contribution in [0.4, 0.5) is 5.69 Å². The number of benzene rings is 3. The second kappa shape index (κ2) is 9.44. The van der Waals surface area contributed by atoms with Crippen LogP contribution in [0.3, 0.4) is 0 Å². The minimum atomic E-state index is -3.87. The average Bonchev–Trinajstić information content (AvgIpc) is 2.79. The number of para-hydroxylation sites is 1. The number of aryl methyl sites for hydroxylation is 1. The molecule has 31 heavy (non-hydrogen) atoms. The second-order valence-electron chi connectivity index (χ2n) is 6.81. The van der Waals surface area contributed by atoms with Crippen molar-refractivity contribution in [3.63, 3.8) is 0 Å². The highest BCUT2D eigenvalue weighted by atomic mass is 32.2. The average molecular weight is 438 g/mol. The van der Waals surface area contributed by atoms with Gasteiger partial charge in [0.25, 0.3) is 21.8 Å². The molecular weight excluding hydrogens is 414 g/mol. The van der Waals surface area contributed by atoms with Gasteiger partial charge in [0.15, 0.2) is 0 Å². The third kappa shape index (κ3) is 5.10. The van der Waals surface area contributed by atoms with E-state index in [0.717, 1.165) is 5.56 Å². The molecule has 160 valence electrons. The Bertz CT molecular complexity index is 1180. The van der Waals surface area contributed by atoms with E-state index in [1.807, 2.05) is 6.92 Å². The van der Waals surface area contributed by atoms with Gasteiger partial charge in [-0.1, -0.05) is 42.0 Å². The van der Waals surface area contributed by atoms with Gasteiger partial charge in [-0.2, -0.15) is 0 Å². The van der Waals surface area contributed by atoms with Crippen LogP contribution in [0.5, 0.6) is 0 Å². The molecule has 0 aliphatic carbocycles. The van der Waals surface area contributed by atoms with Crippen LogP contribution in [0.15, 0.2) is 83.8 Å². The maximum atomic E-state index is 13.1. The summed E-state index contributed by atoms with van der Waals surface area (Å²) >= 11 is 0. The van der Waals surface area contributed by atoms with Crippen molar-refractivity contribution in [3.05, 3.63) is 95.6 Å². The number of hydrogen-bond acceptors (Lipinski definition) is 4. The van der Waals surface area contributed by atoms with Crippen LogP contribution in [0.25, 0.3) is 0 Å². The van der Waals surface area contributed by atoms with E-state index < -0.39 is 21.8 Å². The van der Waals surface area contributed by atoms with E-state index in [-0.39, 0.29) is 17.0 Å². The molecule has 0 unspecified atom stereocenters. The normalized spacial score (nSPS) is 10.9. The van der Waals surface area contributed by atoms with Crippen LogP contribution in [-0.4, -0.2) is 26.8 Å². The summed E-state index contributed by atoms with van der Waals surface area (Å²) in [4.78, 5) is 24.6. The Balaban J connectivity index is 1.76. The SMILES string of the molecule is CCN(c1ccccc1)S(=O)(=O)c1cccc(C(=O)NNC(=O)c2ccc(C)cc2)c1. The van der Waals surface area contributed by atoms with Crippen molar-refractivity contribution >= 4 is 27.5 Å². The Labute approximate surface area is 181 Å². The number of anilines is 1. The first kappa shape index (κ1) is 22.0. The molecule has 0 aromatic heterocycles. The molecule has 0 radical (unpaired) electrons. The van der Waals surface area contributed by atoms with Gasteiger partial charge in [-0.15, -0.1) is 0 Å². The summed E-state index contributed by atoms with van der Waals surface area (Å²) in [5.41, 5.74) is 6.70. The van der Waals surface area contributed by atoms with Crippen molar-refractivity contribution in [1.82, 2.24) is 10.9 Å². The van der Waals surface area contributed by atoms with E-state index in [2.05, 4.69) is 10.9 Å². The molecule has 3 aromatic carbocycles. The summed E-state index contributed by atoms with van der Waals surface area (Å²) in [6.07, 6.45) is 0. The third-order valence-electron chi connectivity index (χ3n) is 4.62. The lowest BCUT2D eigenvalue weighted by atomic mass is 10.1. The number of carbonyl (C=O) groups is 2. The largest absolute Gasteiger partial charge is 0.269 e.